The maximum absolute atomic E-state index is 12.8. The van der Waals surface area contributed by atoms with Crippen LogP contribution in [-0.2, 0) is 12.1 Å². The Morgan fingerprint density at radius 2 is 1.92 bits per heavy atom. The van der Waals surface area contributed by atoms with Gasteiger partial charge in [0.15, 0.2) is 0 Å². The monoisotopic (exact) mass is 350 g/mol. The average molecular weight is 350 g/mol. The summed E-state index contributed by atoms with van der Waals surface area (Å²) in [6, 6.07) is 14.1. The minimum absolute atomic E-state index is 0.00936. The molecule has 0 atom stereocenters. The predicted octanol–water partition coefficient (Wildman–Crippen LogP) is 3.49. The quantitative estimate of drug-likeness (QED) is 0.566. The zero-order chi connectivity index (χ0) is 17.4. The van der Waals surface area contributed by atoms with Gasteiger partial charge < -0.3 is 4.57 Å². The Balaban J connectivity index is 1.70. The summed E-state index contributed by atoms with van der Waals surface area (Å²) in [5.74, 6) is 0. The number of benzene rings is 1. The van der Waals surface area contributed by atoms with Crippen molar-refractivity contribution < 1.29 is 0 Å². The molecule has 3 aromatic heterocycles. The lowest BCUT2D eigenvalue weighted by Crippen LogP contribution is -2.37. The molecular weight excluding hydrogens is 332 g/mol. The van der Waals surface area contributed by atoms with E-state index >= 15 is 0 Å². The summed E-state index contributed by atoms with van der Waals surface area (Å²) >= 11 is 1.47. The minimum atomic E-state index is -0.579. The fourth-order valence-corrected chi connectivity index (χ4v) is 3.77. The van der Waals surface area contributed by atoms with E-state index in [0.29, 0.717) is 6.54 Å². The van der Waals surface area contributed by atoms with Crippen molar-refractivity contribution in [2.24, 2.45) is 0 Å². The van der Waals surface area contributed by atoms with Crippen LogP contribution in [0.2, 0.25) is 0 Å². The molecule has 0 amide bonds. The van der Waals surface area contributed by atoms with Gasteiger partial charge in [0.05, 0.1) is 23.0 Å². The molecule has 0 aliphatic rings. The molecule has 4 rings (SSSR count). The standard InChI is InChI=1S/C19H18N4OS/c1-19(2,23-10-8-15-9-11-25-17(15)18(23)24)16-13-22(21-20-16)12-14-6-4-3-5-7-14/h3-11,13H,12H2,1-2H3. The predicted molar refractivity (Wildman–Crippen MR) is 100 cm³/mol. The lowest BCUT2D eigenvalue weighted by atomic mass is 10.0. The van der Waals surface area contributed by atoms with E-state index in [1.54, 1.807) is 9.25 Å². The molecule has 0 unspecified atom stereocenters. The van der Waals surface area contributed by atoms with E-state index in [-0.39, 0.29) is 5.56 Å². The van der Waals surface area contributed by atoms with Crippen LogP contribution < -0.4 is 5.56 Å². The van der Waals surface area contributed by atoms with Crippen LogP contribution in [0.4, 0.5) is 0 Å². The van der Waals surface area contributed by atoms with Gasteiger partial charge in [-0.15, -0.1) is 16.4 Å². The summed E-state index contributed by atoms with van der Waals surface area (Å²) < 4.78 is 4.32. The largest absolute Gasteiger partial charge is 0.303 e. The second-order valence-corrected chi connectivity index (χ2v) is 7.46. The summed E-state index contributed by atoms with van der Waals surface area (Å²) in [7, 11) is 0. The van der Waals surface area contributed by atoms with Gasteiger partial charge in [-0.2, -0.15) is 0 Å². The van der Waals surface area contributed by atoms with Gasteiger partial charge in [-0.05, 0) is 42.3 Å². The third kappa shape index (κ3) is 2.78. The van der Waals surface area contributed by atoms with Crippen molar-refractivity contribution in [1.82, 2.24) is 19.6 Å². The first-order valence-electron chi connectivity index (χ1n) is 8.09. The van der Waals surface area contributed by atoms with E-state index in [4.69, 9.17) is 0 Å². The number of thiophene rings is 1. The lowest BCUT2D eigenvalue weighted by Gasteiger charge is -2.25. The molecular formula is C19H18N4OS. The van der Waals surface area contributed by atoms with Gasteiger partial charge in [-0.1, -0.05) is 35.5 Å². The highest BCUT2D eigenvalue weighted by Crippen LogP contribution is 2.24. The molecule has 0 radical (unpaired) electrons. The van der Waals surface area contributed by atoms with Crippen LogP contribution in [0.5, 0.6) is 0 Å². The van der Waals surface area contributed by atoms with E-state index in [1.165, 1.54) is 11.3 Å². The maximum Gasteiger partial charge on any atom is 0.269 e. The van der Waals surface area contributed by atoms with Crippen LogP contribution >= 0.6 is 11.3 Å². The smallest absolute Gasteiger partial charge is 0.269 e. The topological polar surface area (TPSA) is 52.7 Å². The van der Waals surface area contributed by atoms with Gasteiger partial charge in [0.1, 0.15) is 5.69 Å². The average Bonchev–Trinajstić information content (AvgIpc) is 3.25. The number of hydrogen-bond acceptors (Lipinski definition) is 4. The molecule has 0 saturated carbocycles. The van der Waals surface area contributed by atoms with Crippen molar-refractivity contribution in [3.63, 3.8) is 0 Å². The van der Waals surface area contributed by atoms with E-state index in [0.717, 1.165) is 21.3 Å². The number of rotatable bonds is 4. The number of nitrogens with zero attached hydrogens (tertiary/aromatic N) is 4. The second-order valence-electron chi connectivity index (χ2n) is 6.54. The van der Waals surface area contributed by atoms with Gasteiger partial charge in [0.25, 0.3) is 5.56 Å². The van der Waals surface area contributed by atoms with Crippen LogP contribution in [0.15, 0.2) is 65.0 Å². The van der Waals surface area contributed by atoms with Gasteiger partial charge in [-0.3, -0.25) is 4.79 Å². The molecule has 4 aromatic rings. The third-order valence-electron chi connectivity index (χ3n) is 4.47. The number of pyridine rings is 1. The van der Waals surface area contributed by atoms with Crippen molar-refractivity contribution in [2.45, 2.75) is 25.9 Å². The molecule has 5 nitrogen and oxygen atoms in total. The molecule has 25 heavy (non-hydrogen) atoms. The molecule has 0 fully saturated rings. The highest BCUT2D eigenvalue weighted by Gasteiger charge is 2.28. The summed E-state index contributed by atoms with van der Waals surface area (Å²) in [5, 5.41) is 11.5. The Labute approximate surface area is 149 Å². The molecule has 126 valence electrons. The van der Waals surface area contributed by atoms with Crippen molar-refractivity contribution >= 4 is 21.4 Å². The molecule has 0 N–H and O–H groups in total. The van der Waals surface area contributed by atoms with Crippen molar-refractivity contribution in [1.29, 1.82) is 0 Å². The van der Waals surface area contributed by atoms with Crippen molar-refractivity contribution in [3.8, 4) is 0 Å². The molecule has 3 heterocycles. The van der Waals surface area contributed by atoms with Gasteiger partial charge in [0, 0.05) is 6.20 Å². The zero-order valence-corrected chi connectivity index (χ0v) is 14.9. The summed E-state index contributed by atoms with van der Waals surface area (Å²) in [6.07, 6.45) is 3.76. The lowest BCUT2D eigenvalue weighted by molar-refractivity contribution is 0.412. The van der Waals surface area contributed by atoms with Crippen LogP contribution in [0.3, 0.4) is 0 Å². The van der Waals surface area contributed by atoms with Gasteiger partial charge >= 0.3 is 0 Å². The maximum atomic E-state index is 12.8. The van der Waals surface area contributed by atoms with E-state index in [1.807, 2.05) is 62.0 Å². The molecule has 0 aliphatic heterocycles. The van der Waals surface area contributed by atoms with Crippen LogP contribution in [0, 0.1) is 0 Å². The van der Waals surface area contributed by atoms with E-state index in [9.17, 15) is 4.79 Å². The van der Waals surface area contributed by atoms with Crippen molar-refractivity contribution in [2.75, 3.05) is 0 Å². The Bertz CT molecular complexity index is 1080. The SMILES string of the molecule is CC(C)(c1cn(Cc2ccccc2)nn1)n1ccc2ccsc2c1=O. The Hall–Kier alpha value is -2.73. The second kappa shape index (κ2) is 5.97. The van der Waals surface area contributed by atoms with Crippen LogP contribution in [0.25, 0.3) is 10.1 Å². The highest BCUT2D eigenvalue weighted by molar-refractivity contribution is 7.17. The molecule has 6 heteroatoms. The zero-order valence-electron chi connectivity index (χ0n) is 14.1. The molecule has 0 aliphatic carbocycles. The molecule has 0 saturated heterocycles. The fraction of sp³-hybridized carbons (Fsp3) is 0.211. The Morgan fingerprint density at radius 1 is 1.12 bits per heavy atom. The van der Waals surface area contributed by atoms with Gasteiger partial charge in [0.2, 0.25) is 0 Å². The normalized spacial score (nSPS) is 11.9. The molecule has 1 aromatic carbocycles. The summed E-state index contributed by atoms with van der Waals surface area (Å²) in [4.78, 5) is 12.8. The van der Waals surface area contributed by atoms with Gasteiger partial charge in [-0.25, -0.2) is 4.68 Å². The molecule has 0 bridgehead atoms. The fourth-order valence-electron chi connectivity index (χ4n) is 2.95. The summed E-state index contributed by atoms with van der Waals surface area (Å²) in [6.45, 7) is 4.64. The number of fused-ring (bicyclic) bond motifs is 1. The first-order chi connectivity index (χ1) is 12.1. The minimum Gasteiger partial charge on any atom is -0.303 e. The Morgan fingerprint density at radius 3 is 2.72 bits per heavy atom. The van der Waals surface area contributed by atoms with E-state index in [2.05, 4.69) is 22.4 Å². The Kier molecular flexibility index (Phi) is 3.77. The van der Waals surface area contributed by atoms with E-state index < -0.39 is 5.54 Å². The van der Waals surface area contributed by atoms with Crippen molar-refractivity contribution in [3.05, 3.63) is 81.8 Å². The van der Waals surface area contributed by atoms with Crippen LogP contribution in [-0.4, -0.2) is 19.6 Å². The number of aromatic nitrogens is 4. The first kappa shape index (κ1) is 15.8. The number of hydrogen-bond donors (Lipinski definition) is 0. The summed E-state index contributed by atoms with van der Waals surface area (Å²) in [5.41, 5.74) is 1.36. The molecule has 0 spiro atoms. The highest BCUT2D eigenvalue weighted by atomic mass is 32.1. The first-order valence-corrected chi connectivity index (χ1v) is 8.97. The van der Waals surface area contributed by atoms with Crippen LogP contribution in [0.1, 0.15) is 25.1 Å². The third-order valence-corrected chi connectivity index (χ3v) is 5.39.